The van der Waals surface area contributed by atoms with Crippen LogP contribution in [0.25, 0.3) is 0 Å². The third kappa shape index (κ3) is 5.38. The predicted molar refractivity (Wildman–Crippen MR) is 103 cm³/mol. The molecular formula is C22H17F2NO4. The fourth-order valence-corrected chi connectivity index (χ4v) is 2.41. The number of halogens is 2. The van der Waals surface area contributed by atoms with E-state index in [1.54, 1.807) is 24.3 Å². The first kappa shape index (κ1) is 20.0. The van der Waals surface area contributed by atoms with Crippen molar-refractivity contribution in [1.82, 2.24) is 0 Å². The highest BCUT2D eigenvalue weighted by Gasteiger charge is 2.21. The van der Waals surface area contributed by atoms with E-state index in [0.717, 1.165) is 12.1 Å². The summed E-state index contributed by atoms with van der Waals surface area (Å²) in [5, 5.41) is 2.59. The highest BCUT2D eigenvalue weighted by atomic mass is 19.1. The Morgan fingerprint density at radius 2 is 1.55 bits per heavy atom. The summed E-state index contributed by atoms with van der Waals surface area (Å²) in [5.74, 6) is -2.27. The molecule has 1 N–H and O–H groups in total. The average Bonchev–Trinajstić information content (AvgIpc) is 2.70. The minimum atomic E-state index is -1.19. The van der Waals surface area contributed by atoms with E-state index in [1.807, 2.05) is 30.3 Å². The summed E-state index contributed by atoms with van der Waals surface area (Å²) in [7, 11) is 0. The lowest BCUT2D eigenvalue weighted by Gasteiger charge is -2.14. The van der Waals surface area contributed by atoms with Gasteiger partial charge in [-0.25, -0.2) is 13.6 Å². The number of rotatable bonds is 6. The lowest BCUT2D eigenvalue weighted by molar-refractivity contribution is -0.123. The number of carbonyl (C=O) groups excluding carboxylic acids is 2. The molecule has 29 heavy (non-hydrogen) atoms. The summed E-state index contributed by atoms with van der Waals surface area (Å²) >= 11 is 0. The number of anilines is 1. The summed E-state index contributed by atoms with van der Waals surface area (Å²) in [6.07, 6.45) is -1.19. The number of carbonyl (C=O) groups is 2. The van der Waals surface area contributed by atoms with Crippen LogP contribution in [0.3, 0.4) is 0 Å². The zero-order valence-electron chi connectivity index (χ0n) is 15.4. The number of benzene rings is 3. The van der Waals surface area contributed by atoms with Gasteiger partial charge in [-0.3, -0.25) is 4.79 Å². The maximum atomic E-state index is 13.6. The van der Waals surface area contributed by atoms with E-state index in [1.165, 1.54) is 6.92 Å². The SMILES string of the molecule is C[C@H](OC(=O)c1ccc(F)cc1F)C(=O)Nc1ccc(Oc2ccccc2)cc1. The van der Waals surface area contributed by atoms with Crippen LogP contribution in [0.4, 0.5) is 14.5 Å². The van der Waals surface area contributed by atoms with Crippen LogP contribution >= 0.6 is 0 Å². The number of hydrogen-bond acceptors (Lipinski definition) is 4. The molecule has 0 saturated carbocycles. The van der Waals surface area contributed by atoms with E-state index >= 15 is 0 Å². The van der Waals surface area contributed by atoms with E-state index in [2.05, 4.69) is 5.32 Å². The van der Waals surface area contributed by atoms with E-state index in [0.29, 0.717) is 23.3 Å². The largest absolute Gasteiger partial charge is 0.457 e. The molecular weight excluding hydrogens is 380 g/mol. The molecule has 7 heteroatoms. The number of amides is 1. The summed E-state index contributed by atoms with van der Waals surface area (Å²) in [4.78, 5) is 24.2. The molecule has 3 aromatic carbocycles. The Bertz CT molecular complexity index is 1010. The molecule has 0 aliphatic carbocycles. The molecule has 0 heterocycles. The fraction of sp³-hybridized carbons (Fsp3) is 0.0909. The predicted octanol–water partition coefficient (Wildman–Crippen LogP) is 4.94. The Labute approximate surface area is 165 Å². The van der Waals surface area contributed by atoms with Crippen molar-refractivity contribution in [1.29, 1.82) is 0 Å². The summed E-state index contributed by atoms with van der Waals surface area (Å²) < 4.78 is 37.2. The number of nitrogens with one attached hydrogen (secondary N) is 1. The van der Waals surface area contributed by atoms with Crippen LogP contribution in [0.1, 0.15) is 17.3 Å². The molecule has 0 unspecified atom stereocenters. The molecule has 0 aromatic heterocycles. The maximum Gasteiger partial charge on any atom is 0.341 e. The molecule has 0 aliphatic heterocycles. The first-order chi connectivity index (χ1) is 13.9. The second kappa shape index (κ2) is 8.97. The first-order valence-corrected chi connectivity index (χ1v) is 8.72. The molecule has 0 radical (unpaired) electrons. The Kier molecular flexibility index (Phi) is 6.19. The monoisotopic (exact) mass is 397 g/mol. The lowest BCUT2D eigenvalue weighted by atomic mass is 10.2. The van der Waals surface area contributed by atoms with Crippen LogP contribution in [0.2, 0.25) is 0 Å². The number of ether oxygens (including phenoxy) is 2. The van der Waals surface area contributed by atoms with Crippen LogP contribution in [-0.2, 0) is 9.53 Å². The molecule has 5 nitrogen and oxygen atoms in total. The van der Waals surface area contributed by atoms with Gasteiger partial charge in [0.25, 0.3) is 5.91 Å². The molecule has 3 rings (SSSR count). The topological polar surface area (TPSA) is 64.6 Å². The normalized spacial score (nSPS) is 11.4. The van der Waals surface area contributed by atoms with Crippen molar-refractivity contribution in [2.24, 2.45) is 0 Å². The summed E-state index contributed by atoms with van der Waals surface area (Å²) in [6, 6.07) is 18.3. The summed E-state index contributed by atoms with van der Waals surface area (Å²) in [6.45, 7) is 1.35. The molecule has 0 spiro atoms. The van der Waals surface area contributed by atoms with Gasteiger partial charge in [0.05, 0.1) is 5.56 Å². The molecule has 3 aromatic rings. The number of para-hydroxylation sites is 1. The second-order valence-corrected chi connectivity index (χ2v) is 6.10. The van der Waals surface area contributed by atoms with Crippen LogP contribution in [0.5, 0.6) is 11.5 Å². The second-order valence-electron chi connectivity index (χ2n) is 6.10. The zero-order chi connectivity index (χ0) is 20.8. The molecule has 0 aliphatic rings. The Morgan fingerprint density at radius 1 is 0.897 bits per heavy atom. The quantitative estimate of drug-likeness (QED) is 0.599. The molecule has 1 atom stereocenters. The minimum absolute atomic E-state index is 0.450. The Morgan fingerprint density at radius 3 is 2.21 bits per heavy atom. The van der Waals surface area contributed by atoms with Crippen molar-refractivity contribution in [2.45, 2.75) is 13.0 Å². The van der Waals surface area contributed by atoms with Gasteiger partial charge in [-0.1, -0.05) is 18.2 Å². The van der Waals surface area contributed by atoms with Gasteiger partial charge in [0, 0.05) is 11.8 Å². The Hall–Kier alpha value is -3.74. The highest BCUT2D eigenvalue weighted by molar-refractivity contribution is 5.97. The van der Waals surface area contributed by atoms with Crippen molar-refractivity contribution in [3.63, 3.8) is 0 Å². The first-order valence-electron chi connectivity index (χ1n) is 8.72. The smallest absolute Gasteiger partial charge is 0.341 e. The van der Waals surface area contributed by atoms with Gasteiger partial charge in [0.2, 0.25) is 0 Å². The van der Waals surface area contributed by atoms with E-state index in [4.69, 9.17) is 9.47 Å². The Balaban J connectivity index is 1.57. The molecule has 148 valence electrons. The van der Waals surface area contributed by atoms with Gasteiger partial charge in [0.15, 0.2) is 6.10 Å². The van der Waals surface area contributed by atoms with Crippen molar-refractivity contribution in [3.8, 4) is 11.5 Å². The van der Waals surface area contributed by atoms with Gasteiger partial charge in [-0.15, -0.1) is 0 Å². The number of hydrogen-bond donors (Lipinski definition) is 1. The van der Waals surface area contributed by atoms with Gasteiger partial charge in [-0.05, 0) is 55.5 Å². The van der Waals surface area contributed by atoms with E-state index in [-0.39, 0.29) is 0 Å². The minimum Gasteiger partial charge on any atom is -0.457 e. The fourth-order valence-electron chi connectivity index (χ4n) is 2.41. The van der Waals surface area contributed by atoms with Crippen molar-refractivity contribution < 1.29 is 27.8 Å². The zero-order valence-corrected chi connectivity index (χ0v) is 15.4. The van der Waals surface area contributed by atoms with E-state index in [9.17, 15) is 18.4 Å². The van der Waals surface area contributed by atoms with Crippen LogP contribution < -0.4 is 10.1 Å². The molecule has 0 bridgehead atoms. The molecule has 0 fully saturated rings. The lowest BCUT2D eigenvalue weighted by Crippen LogP contribution is -2.30. The standard InChI is InChI=1S/C22H17F2NO4/c1-14(28-22(27)19-12-7-15(23)13-20(19)24)21(26)25-16-8-10-18(11-9-16)29-17-5-3-2-4-6-17/h2-14H,1H3,(H,25,26)/t14-/m0/s1. The summed E-state index contributed by atoms with van der Waals surface area (Å²) in [5.41, 5.74) is 0.0136. The van der Waals surface area contributed by atoms with Crippen molar-refractivity contribution in [2.75, 3.05) is 5.32 Å². The van der Waals surface area contributed by atoms with Gasteiger partial charge < -0.3 is 14.8 Å². The highest BCUT2D eigenvalue weighted by Crippen LogP contribution is 2.22. The van der Waals surface area contributed by atoms with Gasteiger partial charge in [0.1, 0.15) is 23.1 Å². The van der Waals surface area contributed by atoms with Crippen LogP contribution in [-0.4, -0.2) is 18.0 Å². The maximum absolute atomic E-state index is 13.6. The average molecular weight is 397 g/mol. The van der Waals surface area contributed by atoms with Crippen molar-refractivity contribution >= 4 is 17.6 Å². The van der Waals surface area contributed by atoms with Crippen LogP contribution in [0, 0.1) is 11.6 Å². The molecule has 0 saturated heterocycles. The van der Waals surface area contributed by atoms with E-state index < -0.39 is 35.2 Å². The third-order valence-corrected chi connectivity index (χ3v) is 3.90. The van der Waals surface area contributed by atoms with Gasteiger partial charge in [-0.2, -0.15) is 0 Å². The van der Waals surface area contributed by atoms with Crippen molar-refractivity contribution in [3.05, 3.63) is 90.0 Å². The third-order valence-electron chi connectivity index (χ3n) is 3.90. The number of esters is 1. The molecule has 1 amide bonds. The van der Waals surface area contributed by atoms with Gasteiger partial charge >= 0.3 is 5.97 Å². The van der Waals surface area contributed by atoms with Crippen LogP contribution in [0.15, 0.2) is 72.8 Å².